The van der Waals surface area contributed by atoms with Crippen molar-refractivity contribution in [2.75, 3.05) is 19.7 Å². The third kappa shape index (κ3) is 5.90. The maximum atomic E-state index is 13.4. The molecule has 3 aliphatic rings. The molecular formula is C23H36N4O6. The summed E-state index contributed by atoms with van der Waals surface area (Å²) in [6.07, 6.45) is 4.05. The highest BCUT2D eigenvalue weighted by Gasteiger charge is 2.51. The number of amides is 4. The first-order chi connectivity index (χ1) is 15.5. The van der Waals surface area contributed by atoms with Gasteiger partial charge in [-0.05, 0) is 64.7 Å². The molecule has 10 heteroatoms. The number of nitrogens with one attached hydrogen (secondary N) is 3. The van der Waals surface area contributed by atoms with Crippen LogP contribution in [-0.4, -0.2) is 76.7 Å². The molecule has 0 aromatic rings. The van der Waals surface area contributed by atoms with Gasteiger partial charge in [0, 0.05) is 24.5 Å². The molecule has 2 aliphatic heterocycles. The van der Waals surface area contributed by atoms with Gasteiger partial charge < -0.3 is 26.0 Å². The molecule has 1 saturated carbocycles. The Bertz CT molecular complexity index is 807. The predicted octanol–water partition coefficient (Wildman–Crippen LogP) is -0.509. The second-order valence-electron chi connectivity index (χ2n) is 10.5. The Labute approximate surface area is 194 Å². The second-order valence-corrected chi connectivity index (χ2v) is 10.5. The number of piperidine rings is 1. The van der Waals surface area contributed by atoms with Gasteiger partial charge in [0.2, 0.25) is 11.8 Å². The summed E-state index contributed by atoms with van der Waals surface area (Å²) in [5.41, 5.74) is -0.598. The quantitative estimate of drug-likeness (QED) is 0.390. The number of hydrogen-bond acceptors (Lipinski definition) is 6. The summed E-state index contributed by atoms with van der Waals surface area (Å²) in [6.45, 7) is 5.46. The van der Waals surface area contributed by atoms with Crippen LogP contribution in [0.25, 0.3) is 0 Å². The lowest BCUT2D eigenvalue weighted by atomic mass is 9.89. The third-order valence-corrected chi connectivity index (χ3v) is 6.88. The van der Waals surface area contributed by atoms with Crippen molar-refractivity contribution in [1.29, 1.82) is 0 Å². The molecule has 2 saturated heterocycles. The molecule has 0 radical (unpaired) electrons. The smallest absolute Gasteiger partial charge is 0.312 e. The molecular weight excluding hydrogens is 428 g/mol. The fourth-order valence-corrected chi connectivity index (χ4v) is 5.36. The SMILES string of the molecule is CC(C)(C)NC(=O)C(=O)N1C[C@@H]2CCC[C@@H]2[C@H]1C(=O)N[C@@H](C[C@@H]1CCCNC1=O)C(=O)CO. The normalized spacial score (nSPS) is 28.0. The van der Waals surface area contributed by atoms with Crippen LogP contribution in [0.5, 0.6) is 0 Å². The summed E-state index contributed by atoms with van der Waals surface area (Å²) < 4.78 is 0. The lowest BCUT2D eigenvalue weighted by Crippen LogP contribution is -2.57. The molecule has 10 nitrogen and oxygen atoms in total. The summed E-state index contributed by atoms with van der Waals surface area (Å²) >= 11 is 0. The van der Waals surface area contributed by atoms with E-state index in [2.05, 4.69) is 16.0 Å². The van der Waals surface area contributed by atoms with Gasteiger partial charge in [0.25, 0.3) is 0 Å². The maximum Gasteiger partial charge on any atom is 0.312 e. The molecule has 5 atom stereocenters. The zero-order chi connectivity index (χ0) is 24.3. The molecule has 0 bridgehead atoms. The van der Waals surface area contributed by atoms with E-state index >= 15 is 0 Å². The number of fused-ring (bicyclic) bond motifs is 1. The van der Waals surface area contributed by atoms with E-state index < -0.39 is 53.7 Å². The molecule has 184 valence electrons. The monoisotopic (exact) mass is 464 g/mol. The Kier molecular flexibility index (Phi) is 7.76. The summed E-state index contributed by atoms with van der Waals surface area (Å²) in [6, 6.07) is -1.89. The Balaban J connectivity index is 1.76. The number of Topliss-reactive ketones (excluding diaryl/α,β-unsaturated/α-hetero) is 1. The van der Waals surface area contributed by atoms with Crippen molar-refractivity contribution in [3.05, 3.63) is 0 Å². The maximum absolute atomic E-state index is 13.4. The molecule has 0 spiro atoms. The third-order valence-electron chi connectivity index (χ3n) is 6.88. The van der Waals surface area contributed by atoms with E-state index in [9.17, 15) is 29.1 Å². The number of aliphatic hydroxyl groups excluding tert-OH is 1. The topological polar surface area (TPSA) is 145 Å². The van der Waals surface area contributed by atoms with Crippen molar-refractivity contribution in [3.63, 3.8) is 0 Å². The minimum atomic E-state index is -1.03. The van der Waals surface area contributed by atoms with Gasteiger partial charge in [-0.3, -0.25) is 24.0 Å². The first-order valence-corrected chi connectivity index (χ1v) is 11.9. The number of ketones is 1. The van der Waals surface area contributed by atoms with Crippen LogP contribution in [0.4, 0.5) is 0 Å². The molecule has 1 aliphatic carbocycles. The van der Waals surface area contributed by atoms with Gasteiger partial charge in [0.1, 0.15) is 12.6 Å². The largest absolute Gasteiger partial charge is 0.389 e. The Hall–Kier alpha value is -2.49. The van der Waals surface area contributed by atoms with Crippen molar-refractivity contribution in [2.24, 2.45) is 17.8 Å². The minimum Gasteiger partial charge on any atom is -0.389 e. The number of likely N-dealkylation sites (tertiary alicyclic amines) is 1. The standard InChI is InChI=1S/C23H36N4O6/c1-23(2,3)26-21(32)22(33)27-11-14-6-4-8-15(14)18(27)20(31)25-16(17(29)12-28)10-13-7-5-9-24-19(13)30/h13-16,18,28H,4-12H2,1-3H3,(H,24,30)(H,25,31)(H,26,32)/t13-,14-,15-,16-,18-/m0/s1. The van der Waals surface area contributed by atoms with Gasteiger partial charge >= 0.3 is 11.8 Å². The number of carbonyl (C=O) groups excluding carboxylic acids is 5. The summed E-state index contributed by atoms with van der Waals surface area (Å²) in [5.74, 6) is -3.16. The van der Waals surface area contributed by atoms with E-state index in [-0.39, 0.29) is 24.2 Å². The van der Waals surface area contributed by atoms with E-state index in [1.165, 1.54) is 4.90 Å². The number of rotatable bonds is 6. The molecule has 4 N–H and O–H groups in total. The van der Waals surface area contributed by atoms with Gasteiger partial charge in [-0.1, -0.05) is 6.42 Å². The first-order valence-electron chi connectivity index (χ1n) is 11.9. The fraction of sp³-hybridized carbons (Fsp3) is 0.783. The van der Waals surface area contributed by atoms with Crippen LogP contribution in [0.3, 0.4) is 0 Å². The lowest BCUT2D eigenvalue weighted by Gasteiger charge is -2.31. The van der Waals surface area contributed by atoms with Gasteiger partial charge in [-0.15, -0.1) is 0 Å². The second kappa shape index (κ2) is 10.2. The van der Waals surface area contributed by atoms with Gasteiger partial charge in [0.05, 0.1) is 6.04 Å². The van der Waals surface area contributed by atoms with Crippen molar-refractivity contribution in [1.82, 2.24) is 20.9 Å². The molecule has 2 heterocycles. The summed E-state index contributed by atoms with van der Waals surface area (Å²) in [7, 11) is 0. The predicted molar refractivity (Wildman–Crippen MR) is 119 cm³/mol. The van der Waals surface area contributed by atoms with E-state index in [1.54, 1.807) is 20.8 Å². The first kappa shape index (κ1) is 25.1. The molecule has 3 fully saturated rings. The molecule has 4 amide bonds. The Morgan fingerprint density at radius 3 is 2.52 bits per heavy atom. The molecule has 3 rings (SSSR count). The van der Waals surface area contributed by atoms with Crippen molar-refractivity contribution >= 4 is 29.4 Å². The summed E-state index contributed by atoms with van der Waals surface area (Å²) in [5, 5.41) is 17.6. The van der Waals surface area contributed by atoms with Crippen LogP contribution in [0.2, 0.25) is 0 Å². The van der Waals surface area contributed by atoms with Crippen LogP contribution in [-0.2, 0) is 24.0 Å². The van der Waals surface area contributed by atoms with Crippen LogP contribution in [0, 0.1) is 17.8 Å². The summed E-state index contributed by atoms with van der Waals surface area (Å²) in [4.78, 5) is 64.8. The zero-order valence-electron chi connectivity index (χ0n) is 19.7. The number of nitrogens with zero attached hydrogens (tertiary/aromatic N) is 1. The van der Waals surface area contributed by atoms with Gasteiger partial charge in [0.15, 0.2) is 5.78 Å². The minimum absolute atomic E-state index is 0.0840. The van der Waals surface area contributed by atoms with Gasteiger partial charge in [-0.2, -0.15) is 0 Å². The zero-order valence-corrected chi connectivity index (χ0v) is 19.7. The highest BCUT2D eigenvalue weighted by molar-refractivity contribution is 6.35. The molecule has 33 heavy (non-hydrogen) atoms. The highest BCUT2D eigenvalue weighted by Crippen LogP contribution is 2.42. The van der Waals surface area contributed by atoms with Crippen molar-refractivity contribution in [2.45, 2.75) is 76.9 Å². The molecule has 0 aromatic heterocycles. The number of carbonyl (C=O) groups is 5. The van der Waals surface area contributed by atoms with Crippen LogP contribution < -0.4 is 16.0 Å². The number of aliphatic hydroxyl groups is 1. The van der Waals surface area contributed by atoms with Crippen LogP contribution in [0.15, 0.2) is 0 Å². The van der Waals surface area contributed by atoms with E-state index in [4.69, 9.17) is 0 Å². The molecule has 0 aromatic carbocycles. The molecule has 0 unspecified atom stereocenters. The average molecular weight is 465 g/mol. The van der Waals surface area contributed by atoms with E-state index in [0.717, 1.165) is 25.7 Å². The lowest BCUT2D eigenvalue weighted by molar-refractivity contribution is -0.150. The number of hydrogen-bond donors (Lipinski definition) is 4. The Morgan fingerprint density at radius 1 is 1.15 bits per heavy atom. The van der Waals surface area contributed by atoms with E-state index in [0.29, 0.717) is 19.5 Å². The van der Waals surface area contributed by atoms with Gasteiger partial charge in [-0.25, -0.2) is 0 Å². The fourth-order valence-electron chi connectivity index (χ4n) is 5.36. The van der Waals surface area contributed by atoms with E-state index in [1.807, 2.05) is 0 Å². The van der Waals surface area contributed by atoms with Crippen LogP contribution in [0.1, 0.15) is 59.3 Å². The van der Waals surface area contributed by atoms with Crippen molar-refractivity contribution < 1.29 is 29.1 Å². The van der Waals surface area contributed by atoms with Crippen LogP contribution >= 0.6 is 0 Å². The van der Waals surface area contributed by atoms with Crippen molar-refractivity contribution in [3.8, 4) is 0 Å². The highest BCUT2D eigenvalue weighted by atomic mass is 16.3. The average Bonchev–Trinajstić information content (AvgIpc) is 3.33. The Morgan fingerprint density at radius 2 is 1.88 bits per heavy atom.